The lowest BCUT2D eigenvalue weighted by Gasteiger charge is -2.18. The zero-order valence-electron chi connectivity index (χ0n) is 18.8. The molecule has 3 N–H and O–H groups in total. The zero-order chi connectivity index (χ0) is 22.1. The van der Waals surface area contributed by atoms with Crippen molar-refractivity contribution >= 4 is 47.2 Å². The molecule has 1 aromatic carbocycles. The highest BCUT2D eigenvalue weighted by Gasteiger charge is 2.20. The predicted octanol–water partition coefficient (Wildman–Crippen LogP) is 2.30. The summed E-state index contributed by atoms with van der Waals surface area (Å²) in [6.07, 6.45) is 1.53. The van der Waals surface area contributed by atoms with Crippen LogP contribution in [0, 0.1) is 0 Å². The van der Waals surface area contributed by atoms with Gasteiger partial charge in [-0.3, -0.25) is 9.69 Å². The minimum absolute atomic E-state index is 0. The van der Waals surface area contributed by atoms with Crippen LogP contribution in [0.15, 0.2) is 46.8 Å². The number of amides is 1. The second-order valence-electron chi connectivity index (χ2n) is 8.01. The molecule has 1 unspecified atom stereocenters. The predicted molar refractivity (Wildman–Crippen MR) is 142 cm³/mol. The van der Waals surface area contributed by atoms with Crippen LogP contribution in [0.25, 0.3) is 0 Å². The number of aliphatic hydroxyl groups is 1. The van der Waals surface area contributed by atoms with Crippen LogP contribution in [0.5, 0.6) is 0 Å². The number of nitrogens with one attached hydrogen (secondary N) is 2. The lowest BCUT2D eigenvalue weighted by molar-refractivity contribution is -0.127. The third-order valence-corrected chi connectivity index (χ3v) is 6.25. The minimum atomic E-state index is -0.220. The average Bonchev–Trinajstić information content (AvgIpc) is 3.42. The zero-order valence-corrected chi connectivity index (χ0v) is 21.9. The Hall–Kier alpha value is -1.69. The topological polar surface area (TPSA) is 80.2 Å². The number of hydrogen-bond donors (Lipinski definition) is 3. The molecule has 0 bridgehead atoms. The molecule has 176 valence electrons. The SMILES string of the molecule is CN(C)C(=O)CNC(=NCc1ccccc1CN1CCC(O)C1)NCCc1cccs1.I. The molecular formula is C23H34IN5O2S. The van der Waals surface area contributed by atoms with E-state index in [9.17, 15) is 9.90 Å². The number of nitrogens with zero attached hydrogens (tertiary/aromatic N) is 3. The van der Waals surface area contributed by atoms with Gasteiger partial charge in [-0.1, -0.05) is 30.3 Å². The Balaban J connectivity index is 0.00000363. The van der Waals surface area contributed by atoms with Crippen molar-refractivity contribution in [1.82, 2.24) is 20.4 Å². The Morgan fingerprint density at radius 3 is 2.66 bits per heavy atom. The fraction of sp³-hybridized carbons (Fsp3) is 0.478. The number of β-amino-alcohol motifs (C(OH)–C–C–N with tert-alkyl or cyclic N) is 1. The highest BCUT2D eigenvalue weighted by atomic mass is 127. The molecule has 0 spiro atoms. The molecular weight excluding hydrogens is 537 g/mol. The number of likely N-dealkylation sites (tertiary alicyclic amines) is 1. The fourth-order valence-electron chi connectivity index (χ4n) is 3.48. The summed E-state index contributed by atoms with van der Waals surface area (Å²) in [5.74, 6) is 0.638. The summed E-state index contributed by atoms with van der Waals surface area (Å²) in [6, 6.07) is 12.5. The minimum Gasteiger partial charge on any atom is -0.392 e. The van der Waals surface area contributed by atoms with Gasteiger partial charge in [0.05, 0.1) is 19.2 Å². The normalized spacial score (nSPS) is 16.5. The van der Waals surface area contributed by atoms with Gasteiger partial charge in [0.25, 0.3) is 0 Å². The van der Waals surface area contributed by atoms with Crippen LogP contribution in [0.4, 0.5) is 0 Å². The van der Waals surface area contributed by atoms with Crippen molar-refractivity contribution in [3.8, 4) is 0 Å². The molecule has 1 aromatic heterocycles. The van der Waals surface area contributed by atoms with Gasteiger partial charge in [-0.15, -0.1) is 35.3 Å². The van der Waals surface area contributed by atoms with E-state index in [0.717, 1.165) is 44.6 Å². The molecule has 9 heteroatoms. The molecule has 32 heavy (non-hydrogen) atoms. The van der Waals surface area contributed by atoms with E-state index in [-0.39, 0.29) is 42.5 Å². The van der Waals surface area contributed by atoms with E-state index in [1.54, 1.807) is 30.3 Å². The van der Waals surface area contributed by atoms with Crippen molar-refractivity contribution in [2.45, 2.75) is 32.0 Å². The van der Waals surface area contributed by atoms with Crippen molar-refractivity contribution in [2.24, 2.45) is 4.99 Å². The number of benzene rings is 1. The van der Waals surface area contributed by atoms with E-state index in [0.29, 0.717) is 12.5 Å². The summed E-state index contributed by atoms with van der Waals surface area (Å²) in [5, 5.41) is 18.4. The van der Waals surface area contributed by atoms with Gasteiger partial charge in [0.2, 0.25) is 5.91 Å². The van der Waals surface area contributed by atoms with Crippen LogP contribution in [-0.4, -0.2) is 73.2 Å². The molecule has 0 aliphatic carbocycles. The van der Waals surface area contributed by atoms with Crippen LogP contribution < -0.4 is 10.6 Å². The van der Waals surface area contributed by atoms with Gasteiger partial charge in [0.15, 0.2) is 5.96 Å². The number of carbonyl (C=O) groups is 1. The first-order valence-corrected chi connectivity index (χ1v) is 11.6. The Labute approximate surface area is 211 Å². The summed E-state index contributed by atoms with van der Waals surface area (Å²) in [6.45, 7) is 3.93. The second-order valence-corrected chi connectivity index (χ2v) is 9.04. The number of aliphatic hydroxyl groups excluding tert-OH is 1. The molecule has 3 rings (SSSR count). The number of thiophene rings is 1. The monoisotopic (exact) mass is 571 g/mol. The van der Waals surface area contributed by atoms with Gasteiger partial charge in [0, 0.05) is 45.2 Å². The van der Waals surface area contributed by atoms with E-state index in [1.807, 2.05) is 12.1 Å². The highest BCUT2D eigenvalue weighted by molar-refractivity contribution is 14.0. The molecule has 1 aliphatic heterocycles. The number of rotatable bonds is 9. The van der Waals surface area contributed by atoms with Crippen molar-refractivity contribution in [1.29, 1.82) is 0 Å². The van der Waals surface area contributed by atoms with E-state index < -0.39 is 0 Å². The number of likely N-dealkylation sites (N-methyl/N-ethyl adjacent to an activating group) is 1. The average molecular weight is 572 g/mol. The molecule has 0 saturated carbocycles. The lowest BCUT2D eigenvalue weighted by Crippen LogP contribution is -2.43. The van der Waals surface area contributed by atoms with Crippen LogP contribution in [0.2, 0.25) is 0 Å². The van der Waals surface area contributed by atoms with Gasteiger partial charge < -0.3 is 20.6 Å². The van der Waals surface area contributed by atoms with E-state index in [2.05, 4.69) is 45.2 Å². The quantitative estimate of drug-likeness (QED) is 0.245. The summed E-state index contributed by atoms with van der Waals surface area (Å²) in [5.41, 5.74) is 2.38. The van der Waals surface area contributed by atoms with Crippen LogP contribution in [-0.2, 0) is 24.3 Å². The Morgan fingerprint density at radius 2 is 2.00 bits per heavy atom. The summed E-state index contributed by atoms with van der Waals surface area (Å²) < 4.78 is 0. The Bertz CT molecular complexity index is 860. The molecule has 1 amide bonds. The second kappa shape index (κ2) is 13.8. The molecule has 7 nitrogen and oxygen atoms in total. The van der Waals surface area contributed by atoms with Gasteiger partial charge in [-0.25, -0.2) is 4.99 Å². The first kappa shape index (κ1) is 26.6. The molecule has 0 radical (unpaired) electrons. The van der Waals surface area contributed by atoms with Gasteiger partial charge in [-0.2, -0.15) is 0 Å². The van der Waals surface area contributed by atoms with E-state index in [1.165, 1.54) is 10.4 Å². The van der Waals surface area contributed by atoms with Crippen molar-refractivity contribution in [3.63, 3.8) is 0 Å². The van der Waals surface area contributed by atoms with Gasteiger partial charge in [0.1, 0.15) is 0 Å². The van der Waals surface area contributed by atoms with Crippen molar-refractivity contribution in [3.05, 3.63) is 57.8 Å². The first-order chi connectivity index (χ1) is 15.0. The maximum absolute atomic E-state index is 12.0. The molecule has 1 saturated heterocycles. The Morgan fingerprint density at radius 1 is 1.22 bits per heavy atom. The van der Waals surface area contributed by atoms with E-state index in [4.69, 9.17) is 4.99 Å². The largest absolute Gasteiger partial charge is 0.392 e. The Kier molecular flexibility index (Phi) is 11.4. The third-order valence-electron chi connectivity index (χ3n) is 5.32. The molecule has 1 fully saturated rings. The molecule has 1 aliphatic rings. The number of hydrogen-bond acceptors (Lipinski definition) is 5. The smallest absolute Gasteiger partial charge is 0.241 e. The number of aliphatic imine (C=N–C) groups is 1. The number of halogens is 1. The van der Waals surface area contributed by atoms with Crippen LogP contribution in [0.1, 0.15) is 22.4 Å². The van der Waals surface area contributed by atoms with Crippen LogP contribution >= 0.6 is 35.3 Å². The molecule has 2 aromatic rings. The van der Waals surface area contributed by atoms with Crippen molar-refractivity contribution < 1.29 is 9.90 Å². The molecule has 2 heterocycles. The van der Waals surface area contributed by atoms with Crippen LogP contribution in [0.3, 0.4) is 0 Å². The number of carbonyl (C=O) groups excluding carboxylic acids is 1. The van der Waals surface area contributed by atoms with Gasteiger partial charge in [-0.05, 0) is 35.4 Å². The van der Waals surface area contributed by atoms with Crippen molar-refractivity contribution in [2.75, 3.05) is 40.3 Å². The maximum atomic E-state index is 12.0. The number of guanidine groups is 1. The standard InChI is InChI=1S/C23H33N5O2S.HI/c1-27(2)22(30)15-26-23(24-11-9-21-8-5-13-31-21)25-14-18-6-3-4-7-19(18)16-28-12-10-20(29)17-28;/h3-8,13,20,29H,9-12,14-17H2,1-2H3,(H2,24,25,26);1H. The molecule has 1 atom stereocenters. The highest BCUT2D eigenvalue weighted by Crippen LogP contribution is 2.17. The summed E-state index contributed by atoms with van der Waals surface area (Å²) in [7, 11) is 3.49. The lowest BCUT2D eigenvalue weighted by atomic mass is 10.1. The maximum Gasteiger partial charge on any atom is 0.241 e. The summed E-state index contributed by atoms with van der Waals surface area (Å²) in [4.78, 5) is 21.9. The fourth-order valence-corrected chi connectivity index (χ4v) is 4.19. The van der Waals surface area contributed by atoms with Gasteiger partial charge >= 0.3 is 0 Å². The third kappa shape index (κ3) is 8.68. The van der Waals surface area contributed by atoms with E-state index >= 15 is 0 Å². The summed E-state index contributed by atoms with van der Waals surface area (Å²) >= 11 is 1.74. The first-order valence-electron chi connectivity index (χ1n) is 10.7.